The highest BCUT2D eigenvalue weighted by Crippen LogP contribution is 2.43. The molecule has 20 heavy (non-hydrogen) atoms. The van der Waals surface area contributed by atoms with Crippen LogP contribution in [0.15, 0.2) is 58.3 Å². The van der Waals surface area contributed by atoms with Gasteiger partial charge in [0, 0.05) is 9.79 Å². The fraction of sp³-hybridized carbons (Fsp3) is 0. The van der Waals surface area contributed by atoms with Gasteiger partial charge in [0.25, 0.3) is 0 Å². The van der Waals surface area contributed by atoms with Gasteiger partial charge in [-0.25, -0.2) is 0 Å². The molecular weight excluding hydrogens is 292 g/mol. The summed E-state index contributed by atoms with van der Waals surface area (Å²) in [5.74, 6) is 0. The largest absolute Gasteiger partial charge is 0.328 e. The number of nitrogens with one attached hydrogen (secondary N) is 2. The van der Waals surface area contributed by atoms with E-state index in [1.807, 2.05) is 48.5 Å². The monoisotopic (exact) mass is 304 g/mol. The summed E-state index contributed by atoms with van der Waals surface area (Å²) < 4.78 is 0. The highest BCUT2D eigenvalue weighted by molar-refractivity contribution is 8.76. The van der Waals surface area contributed by atoms with E-state index < -0.39 is 0 Å². The Morgan fingerprint density at radius 3 is 1.50 bits per heavy atom. The van der Waals surface area contributed by atoms with Gasteiger partial charge in [-0.1, -0.05) is 45.9 Å². The lowest BCUT2D eigenvalue weighted by Gasteiger charge is -2.09. The lowest BCUT2D eigenvalue weighted by atomic mass is 10.3. The molecule has 0 spiro atoms. The van der Waals surface area contributed by atoms with Crippen molar-refractivity contribution in [3.05, 3.63) is 48.5 Å². The van der Waals surface area contributed by atoms with E-state index in [0.717, 1.165) is 21.2 Å². The molecule has 0 fully saturated rings. The second kappa shape index (κ2) is 7.62. The van der Waals surface area contributed by atoms with E-state index in [1.165, 1.54) is 21.6 Å². The van der Waals surface area contributed by atoms with Gasteiger partial charge in [-0.3, -0.25) is 9.59 Å². The summed E-state index contributed by atoms with van der Waals surface area (Å²) in [7, 11) is 3.04. The normalized spacial score (nSPS) is 9.80. The molecule has 0 saturated carbocycles. The lowest BCUT2D eigenvalue weighted by molar-refractivity contribution is -0.106. The maximum absolute atomic E-state index is 10.6. The van der Waals surface area contributed by atoms with E-state index in [4.69, 9.17) is 0 Å². The SMILES string of the molecule is O=CNc1ccccc1SSc1ccccc1NC=O. The van der Waals surface area contributed by atoms with E-state index in [2.05, 4.69) is 10.6 Å². The molecule has 4 nitrogen and oxygen atoms in total. The number of carbonyl (C=O) groups excluding carboxylic acids is 2. The van der Waals surface area contributed by atoms with E-state index >= 15 is 0 Å². The molecule has 0 aromatic heterocycles. The van der Waals surface area contributed by atoms with Crippen molar-refractivity contribution >= 4 is 45.8 Å². The Balaban J connectivity index is 2.12. The Labute approximate surface area is 124 Å². The third-order valence-corrected chi connectivity index (χ3v) is 4.91. The molecule has 0 saturated heterocycles. The van der Waals surface area contributed by atoms with Gasteiger partial charge >= 0.3 is 0 Å². The zero-order valence-corrected chi connectivity index (χ0v) is 12.0. The molecule has 2 N–H and O–H groups in total. The second-order valence-electron chi connectivity index (χ2n) is 3.68. The van der Waals surface area contributed by atoms with Crippen LogP contribution in [0.25, 0.3) is 0 Å². The zero-order chi connectivity index (χ0) is 14.2. The first-order valence-corrected chi connectivity index (χ1v) is 7.93. The van der Waals surface area contributed by atoms with Crippen LogP contribution in [0.2, 0.25) is 0 Å². The van der Waals surface area contributed by atoms with Crippen LogP contribution in [-0.2, 0) is 9.59 Å². The fourth-order valence-electron chi connectivity index (χ4n) is 1.53. The number of benzene rings is 2. The zero-order valence-electron chi connectivity index (χ0n) is 10.4. The molecule has 0 heterocycles. The van der Waals surface area contributed by atoms with Crippen LogP contribution in [0.4, 0.5) is 11.4 Å². The Morgan fingerprint density at radius 2 is 1.10 bits per heavy atom. The molecule has 0 aliphatic heterocycles. The van der Waals surface area contributed by atoms with Crippen molar-refractivity contribution in [2.24, 2.45) is 0 Å². The molecule has 6 heteroatoms. The molecule has 0 unspecified atom stereocenters. The predicted octanol–water partition coefficient (Wildman–Crippen LogP) is 3.62. The van der Waals surface area contributed by atoms with E-state index in [0.29, 0.717) is 12.8 Å². The van der Waals surface area contributed by atoms with Crippen molar-refractivity contribution in [2.45, 2.75) is 9.79 Å². The van der Waals surface area contributed by atoms with Gasteiger partial charge in [0.15, 0.2) is 0 Å². The standard InChI is InChI=1S/C14H12N2O2S2/c17-9-15-11-5-1-3-7-13(11)19-20-14-8-4-2-6-12(14)16-10-18/h1-10H,(H,15,17)(H,16,18). The molecule has 2 rings (SSSR count). The van der Waals surface area contributed by atoms with Crippen LogP contribution in [0.1, 0.15) is 0 Å². The van der Waals surface area contributed by atoms with Crippen molar-refractivity contribution in [1.82, 2.24) is 0 Å². The summed E-state index contributed by atoms with van der Waals surface area (Å²) in [6.07, 6.45) is 1.32. The van der Waals surface area contributed by atoms with Crippen LogP contribution < -0.4 is 10.6 Å². The van der Waals surface area contributed by atoms with Gasteiger partial charge in [0.1, 0.15) is 0 Å². The second-order valence-corrected chi connectivity index (χ2v) is 5.90. The topological polar surface area (TPSA) is 58.2 Å². The third-order valence-electron chi connectivity index (χ3n) is 2.42. The summed E-state index contributed by atoms with van der Waals surface area (Å²) in [6.45, 7) is 0. The molecule has 0 radical (unpaired) electrons. The van der Waals surface area contributed by atoms with Gasteiger partial charge in [0.05, 0.1) is 11.4 Å². The molecule has 102 valence electrons. The summed E-state index contributed by atoms with van der Waals surface area (Å²) >= 11 is 0. The predicted molar refractivity (Wildman–Crippen MR) is 84.0 cm³/mol. The molecule has 2 aromatic carbocycles. The summed E-state index contributed by atoms with van der Waals surface area (Å²) in [5, 5.41) is 5.33. The maximum atomic E-state index is 10.6. The van der Waals surface area contributed by atoms with Gasteiger partial charge in [-0.05, 0) is 24.3 Å². The van der Waals surface area contributed by atoms with Crippen molar-refractivity contribution < 1.29 is 9.59 Å². The molecule has 2 amide bonds. The Kier molecular flexibility index (Phi) is 5.52. The number of carbonyl (C=O) groups is 2. The fourth-order valence-corrected chi connectivity index (χ4v) is 3.83. The number of hydrogen-bond acceptors (Lipinski definition) is 4. The number of anilines is 2. The Bertz CT molecular complexity index is 552. The maximum Gasteiger partial charge on any atom is 0.211 e. The molecule has 0 aliphatic rings. The van der Waals surface area contributed by atoms with Crippen LogP contribution >= 0.6 is 21.6 Å². The number of para-hydroxylation sites is 2. The van der Waals surface area contributed by atoms with Crippen molar-refractivity contribution in [1.29, 1.82) is 0 Å². The summed E-state index contributed by atoms with van der Waals surface area (Å²) in [4.78, 5) is 23.0. The number of hydrogen-bond donors (Lipinski definition) is 2. The van der Waals surface area contributed by atoms with Crippen molar-refractivity contribution in [3.8, 4) is 0 Å². The van der Waals surface area contributed by atoms with Gasteiger partial charge in [-0.2, -0.15) is 0 Å². The molecule has 0 atom stereocenters. The average Bonchev–Trinajstić information content (AvgIpc) is 2.48. The quantitative estimate of drug-likeness (QED) is 0.606. The highest BCUT2D eigenvalue weighted by Gasteiger charge is 2.06. The van der Waals surface area contributed by atoms with Crippen LogP contribution in [0.5, 0.6) is 0 Å². The minimum absolute atomic E-state index is 0.659. The first kappa shape index (κ1) is 14.5. The minimum atomic E-state index is 0.659. The van der Waals surface area contributed by atoms with Crippen molar-refractivity contribution in [2.75, 3.05) is 10.6 Å². The minimum Gasteiger partial charge on any atom is -0.328 e. The summed E-state index contributed by atoms with van der Waals surface area (Å²) in [6, 6.07) is 15.1. The Morgan fingerprint density at radius 1 is 0.700 bits per heavy atom. The first-order valence-electron chi connectivity index (χ1n) is 5.78. The van der Waals surface area contributed by atoms with Crippen LogP contribution in [0.3, 0.4) is 0 Å². The molecule has 0 bridgehead atoms. The number of rotatable bonds is 7. The van der Waals surface area contributed by atoms with E-state index in [9.17, 15) is 9.59 Å². The van der Waals surface area contributed by atoms with E-state index in [-0.39, 0.29) is 0 Å². The molecular formula is C14H12N2O2S2. The highest BCUT2D eigenvalue weighted by atomic mass is 33.1. The first-order chi connectivity index (χ1) is 9.85. The van der Waals surface area contributed by atoms with Gasteiger partial charge in [0.2, 0.25) is 12.8 Å². The van der Waals surface area contributed by atoms with Gasteiger partial charge < -0.3 is 10.6 Å². The third kappa shape index (κ3) is 3.79. The molecule has 0 aliphatic carbocycles. The Hall–Kier alpha value is -1.92. The van der Waals surface area contributed by atoms with E-state index in [1.54, 1.807) is 0 Å². The number of amides is 2. The van der Waals surface area contributed by atoms with Crippen LogP contribution in [0, 0.1) is 0 Å². The average molecular weight is 304 g/mol. The van der Waals surface area contributed by atoms with Gasteiger partial charge in [-0.15, -0.1) is 0 Å². The lowest BCUT2D eigenvalue weighted by Crippen LogP contribution is -1.95. The van der Waals surface area contributed by atoms with Crippen molar-refractivity contribution in [3.63, 3.8) is 0 Å². The van der Waals surface area contributed by atoms with Crippen LogP contribution in [-0.4, -0.2) is 12.8 Å². The summed E-state index contributed by atoms with van der Waals surface area (Å²) in [5.41, 5.74) is 1.53. The smallest absolute Gasteiger partial charge is 0.211 e. The molecule has 2 aromatic rings.